The highest BCUT2D eigenvalue weighted by Gasteiger charge is 2.06. The first-order valence-electron chi connectivity index (χ1n) is 8.71. The van der Waals surface area contributed by atoms with Crippen LogP contribution in [0.25, 0.3) is 17.1 Å². The van der Waals surface area contributed by atoms with Crippen LogP contribution < -0.4 is 14.8 Å². The van der Waals surface area contributed by atoms with E-state index in [1.807, 2.05) is 43.3 Å². The molecule has 0 unspecified atom stereocenters. The van der Waals surface area contributed by atoms with E-state index >= 15 is 0 Å². The maximum atomic E-state index is 12.1. The van der Waals surface area contributed by atoms with Crippen molar-refractivity contribution in [3.63, 3.8) is 0 Å². The van der Waals surface area contributed by atoms with Crippen molar-refractivity contribution in [2.45, 2.75) is 13.5 Å². The molecule has 2 aromatic carbocycles. The van der Waals surface area contributed by atoms with Crippen molar-refractivity contribution < 1.29 is 14.3 Å². The number of nitrogens with zero attached hydrogens (tertiary/aromatic N) is 2. The van der Waals surface area contributed by atoms with Gasteiger partial charge in [0.1, 0.15) is 17.3 Å². The Kier molecular flexibility index (Phi) is 5.76. The average Bonchev–Trinajstić information content (AvgIpc) is 3.01. The fourth-order valence-corrected chi connectivity index (χ4v) is 2.93. The summed E-state index contributed by atoms with van der Waals surface area (Å²) in [5.41, 5.74) is 2.87. The molecule has 27 heavy (non-hydrogen) atoms. The Morgan fingerprint density at radius 2 is 1.85 bits per heavy atom. The second-order valence-corrected chi connectivity index (χ2v) is 6.07. The van der Waals surface area contributed by atoms with Crippen molar-refractivity contribution in [3.8, 4) is 11.5 Å². The Balaban J connectivity index is 1.60. The summed E-state index contributed by atoms with van der Waals surface area (Å²) >= 11 is 0. The number of benzene rings is 2. The lowest BCUT2D eigenvalue weighted by atomic mass is 10.2. The topological polar surface area (TPSA) is 65.4 Å². The third kappa shape index (κ3) is 4.47. The van der Waals surface area contributed by atoms with Gasteiger partial charge in [0.15, 0.2) is 0 Å². The number of para-hydroxylation sites is 2. The molecule has 140 valence electrons. The summed E-state index contributed by atoms with van der Waals surface area (Å²) in [6.07, 6.45) is 3.24. The minimum absolute atomic E-state index is 0.154. The third-order valence-electron chi connectivity index (χ3n) is 4.28. The molecule has 0 saturated carbocycles. The second-order valence-electron chi connectivity index (χ2n) is 6.07. The van der Waals surface area contributed by atoms with Gasteiger partial charge in [-0.25, -0.2) is 4.98 Å². The van der Waals surface area contributed by atoms with E-state index in [-0.39, 0.29) is 5.91 Å². The summed E-state index contributed by atoms with van der Waals surface area (Å²) < 4.78 is 12.6. The van der Waals surface area contributed by atoms with Crippen molar-refractivity contribution in [1.29, 1.82) is 0 Å². The van der Waals surface area contributed by atoms with Gasteiger partial charge in [-0.2, -0.15) is 0 Å². The first-order chi connectivity index (χ1) is 13.1. The van der Waals surface area contributed by atoms with E-state index in [2.05, 4.69) is 14.9 Å². The van der Waals surface area contributed by atoms with E-state index in [4.69, 9.17) is 9.47 Å². The molecule has 1 heterocycles. The molecule has 6 nitrogen and oxygen atoms in total. The predicted molar refractivity (Wildman–Crippen MR) is 106 cm³/mol. The van der Waals surface area contributed by atoms with Crippen molar-refractivity contribution in [1.82, 2.24) is 14.9 Å². The lowest BCUT2D eigenvalue weighted by Gasteiger charge is -2.08. The molecule has 0 bridgehead atoms. The molecule has 1 aromatic heterocycles. The maximum Gasteiger partial charge on any atom is 0.244 e. The highest BCUT2D eigenvalue weighted by Crippen LogP contribution is 2.23. The van der Waals surface area contributed by atoms with Crippen LogP contribution in [0.4, 0.5) is 0 Å². The van der Waals surface area contributed by atoms with Crippen LogP contribution in [0.1, 0.15) is 11.4 Å². The Labute approximate surface area is 158 Å². The van der Waals surface area contributed by atoms with Crippen LogP contribution in [-0.4, -0.2) is 36.2 Å². The highest BCUT2D eigenvalue weighted by atomic mass is 16.5. The smallest absolute Gasteiger partial charge is 0.244 e. The summed E-state index contributed by atoms with van der Waals surface area (Å²) in [4.78, 5) is 16.6. The normalized spacial score (nSPS) is 11.1. The van der Waals surface area contributed by atoms with E-state index in [9.17, 15) is 4.79 Å². The van der Waals surface area contributed by atoms with E-state index in [0.29, 0.717) is 24.6 Å². The van der Waals surface area contributed by atoms with Gasteiger partial charge in [0.05, 0.1) is 25.3 Å². The van der Waals surface area contributed by atoms with Crippen molar-refractivity contribution in [2.24, 2.45) is 0 Å². The van der Waals surface area contributed by atoms with E-state index in [0.717, 1.165) is 22.4 Å². The first kappa shape index (κ1) is 18.5. The number of amides is 1. The molecule has 0 saturated heterocycles. The maximum absolute atomic E-state index is 12.1. The van der Waals surface area contributed by atoms with Crippen molar-refractivity contribution >= 4 is 23.0 Å². The number of carbonyl (C=O) groups excluding carboxylic acids is 1. The molecule has 1 amide bonds. The van der Waals surface area contributed by atoms with Crippen LogP contribution in [0.3, 0.4) is 0 Å². The standard InChI is InChI=1S/C21H23N3O3/c1-15-23-19-6-4-5-7-20(19)24(15)11-10-22-21(25)9-8-16-12-17(26-2)14-18(13-16)27-3/h4-9,12-14H,10-11H2,1-3H3,(H,22,25)/b9-8+. The van der Waals surface area contributed by atoms with Crippen LogP contribution in [0, 0.1) is 6.92 Å². The number of aromatic nitrogens is 2. The van der Waals surface area contributed by atoms with Crippen molar-refractivity contribution in [2.75, 3.05) is 20.8 Å². The zero-order chi connectivity index (χ0) is 19.2. The van der Waals surface area contributed by atoms with Crippen LogP contribution in [0.15, 0.2) is 48.5 Å². The molecule has 0 spiro atoms. The Morgan fingerprint density at radius 3 is 2.56 bits per heavy atom. The number of nitrogens with one attached hydrogen (secondary N) is 1. The number of ether oxygens (including phenoxy) is 2. The quantitative estimate of drug-likeness (QED) is 0.653. The van der Waals surface area contributed by atoms with Crippen LogP contribution in [0.5, 0.6) is 11.5 Å². The SMILES string of the molecule is COc1cc(/C=C/C(=O)NCCn2c(C)nc3ccccc32)cc(OC)c1. The van der Waals surface area contributed by atoms with Gasteiger partial charge in [0.2, 0.25) is 5.91 Å². The second kappa shape index (κ2) is 8.40. The lowest BCUT2D eigenvalue weighted by molar-refractivity contribution is -0.116. The number of carbonyl (C=O) groups is 1. The summed E-state index contributed by atoms with van der Waals surface area (Å²) in [6.45, 7) is 3.16. The molecular weight excluding hydrogens is 342 g/mol. The molecule has 0 aliphatic heterocycles. The number of imidazole rings is 1. The molecule has 0 aliphatic rings. The predicted octanol–water partition coefficient (Wildman–Crippen LogP) is 3.19. The third-order valence-corrected chi connectivity index (χ3v) is 4.28. The number of fused-ring (bicyclic) bond motifs is 1. The average molecular weight is 365 g/mol. The summed E-state index contributed by atoms with van der Waals surface area (Å²) in [5, 5.41) is 2.90. The molecule has 3 aromatic rings. The van der Waals surface area contributed by atoms with Crippen LogP contribution in [-0.2, 0) is 11.3 Å². The van der Waals surface area contributed by atoms with Gasteiger partial charge in [0.25, 0.3) is 0 Å². The molecule has 6 heteroatoms. The minimum Gasteiger partial charge on any atom is -0.497 e. The van der Waals surface area contributed by atoms with E-state index in [1.54, 1.807) is 26.4 Å². The molecule has 0 atom stereocenters. The largest absolute Gasteiger partial charge is 0.497 e. The van der Waals surface area contributed by atoms with E-state index < -0.39 is 0 Å². The summed E-state index contributed by atoms with van der Waals surface area (Å²) in [6, 6.07) is 13.5. The summed E-state index contributed by atoms with van der Waals surface area (Å²) in [7, 11) is 3.19. The molecule has 0 fully saturated rings. The fraction of sp³-hybridized carbons (Fsp3) is 0.238. The van der Waals surface area contributed by atoms with Crippen LogP contribution >= 0.6 is 0 Å². The van der Waals surface area contributed by atoms with Gasteiger partial charge < -0.3 is 19.4 Å². The van der Waals surface area contributed by atoms with Gasteiger partial charge >= 0.3 is 0 Å². The monoisotopic (exact) mass is 365 g/mol. The number of hydrogen-bond acceptors (Lipinski definition) is 4. The first-order valence-corrected chi connectivity index (χ1v) is 8.71. The number of rotatable bonds is 7. The van der Waals surface area contributed by atoms with Gasteiger partial charge in [-0.3, -0.25) is 4.79 Å². The lowest BCUT2D eigenvalue weighted by Crippen LogP contribution is -2.25. The molecule has 3 rings (SSSR count). The fourth-order valence-electron chi connectivity index (χ4n) is 2.93. The zero-order valence-electron chi connectivity index (χ0n) is 15.7. The van der Waals surface area contributed by atoms with Crippen LogP contribution in [0.2, 0.25) is 0 Å². The molecule has 0 radical (unpaired) electrons. The Hall–Kier alpha value is -3.28. The molecule has 1 N–H and O–H groups in total. The number of aryl methyl sites for hydroxylation is 1. The van der Waals surface area contributed by atoms with Gasteiger partial charge in [-0.15, -0.1) is 0 Å². The minimum atomic E-state index is -0.154. The van der Waals surface area contributed by atoms with Gasteiger partial charge in [-0.1, -0.05) is 12.1 Å². The van der Waals surface area contributed by atoms with Gasteiger partial charge in [-0.05, 0) is 42.8 Å². The highest BCUT2D eigenvalue weighted by molar-refractivity contribution is 5.91. The Bertz CT molecular complexity index is 954. The van der Waals surface area contributed by atoms with E-state index in [1.165, 1.54) is 6.08 Å². The zero-order valence-corrected chi connectivity index (χ0v) is 15.7. The Morgan fingerprint density at radius 1 is 1.15 bits per heavy atom. The molecular formula is C21H23N3O3. The number of methoxy groups -OCH3 is 2. The number of hydrogen-bond donors (Lipinski definition) is 1. The summed E-state index contributed by atoms with van der Waals surface area (Å²) in [5.74, 6) is 2.14. The molecule has 0 aliphatic carbocycles. The van der Waals surface area contributed by atoms with Gasteiger partial charge in [0, 0.05) is 25.2 Å². The van der Waals surface area contributed by atoms with Crippen molar-refractivity contribution in [3.05, 3.63) is 59.9 Å².